The Balaban J connectivity index is 1.26. The summed E-state index contributed by atoms with van der Waals surface area (Å²) in [5, 5.41) is 5.16. The van der Waals surface area contributed by atoms with E-state index < -0.39 is 0 Å². The van der Waals surface area contributed by atoms with Crippen LogP contribution in [-0.2, 0) is 7.05 Å². The van der Waals surface area contributed by atoms with E-state index in [-0.39, 0.29) is 5.56 Å². The molecule has 1 aliphatic rings. The van der Waals surface area contributed by atoms with Crippen molar-refractivity contribution in [1.82, 2.24) is 24.4 Å². The third kappa shape index (κ3) is 5.10. The average Bonchev–Trinajstić information content (AvgIpc) is 3.38. The van der Waals surface area contributed by atoms with Crippen molar-refractivity contribution in [2.45, 2.75) is 32.6 Å². The topological polar surface area (TPSA) is 75.9 Å². The van der Waals surface area contributed by atoms with Gasteiger partial charge in [0.05, 0.1) is 9.88 Å². The normalized spacial score (nSPS) is 14.7. The molecule has 39 heavy (non-hydrogen) atoms. The van der Waals surface area contributed by atoms with Crippen LogP contribution in [0.4, 0.5) is 11.6 Å². The van der Waals surface area contributed by atoms with Gasteiger partial charge in [-0.15, -0.1) is 11.3 Å². The summed E-state index contributed by atoms with van der Waals surface area (Å²) in [4.78, 5) is 30.6. The van der Waals surface area contributed by atoms with Gasteiger partial charge < -0.3 is 10.2 Å². The monoisotopic (exact) mass is 536 g/mol. The number of fused-ring (bicyclic) bond motifs is 1. The van der Waals surface area contributed by atoms with Crippen LogP contribution in [0.2, 0.25) is 0 Å². The van der Waals surface area contributed by atoms with Gasteiger partial charge in [0, 0.05) is 36.1 Å². The Morgan fingerprint density at radius 1 is 0.923 bits per heavy atom. The van der Waals surface area contributed by atoms with Gasteiger partial charge in [0.1, 0.15) is 5.65 Å². The van der Waals surface area contributed by atoms with E-state index in [1.54, 1.807) is 29.1 Å². The van der Waals surface area contributed by atoms with Crippen molar-refractivity contribution in [2.24, 2.45) is 7.05 Å². The third-order valence-electron chi connectivity index (χ3n) is 7.73. The molecule has 1 saturated heterocycles. The second kappa shape index (κ2) is 10.4. The molecule has 0 radical (unpaired) electrons. The third-order valence-corrected chi connectivity index (χ3v) is 8.69. The van der Waals surface area contributed by atoms with Crippen LogP contribution in [0.15, 0.2) is 65.7 Å². The van der Waals surface area contributed by atoms with Crippen LogP contribution in [0.25, 0.3) is 32.6 Å². The highest BCUT2D eigenvalue weighted by atomic mass is 32.1. The van der Waals surface area contributed by atoms with Crippen molar-refractivity contribution in [3.63, 3.8) is 0 Å². The lowest BCUT2D eigenvalue weighted by Gasteiger charge is -2.29. The number of anilines is 2. The zero-order valence-corrected chi connectivity index (χ0v) is 23.5. The number of likely N-dealkylation sites (tertiary alicyclic amines) is 1. The fraction of sp³-hybridized carbons (Fsp3) is 0.290. The van der Waals surface area contributed by atoms with Gasteiger partial charge in [0.2, 0.25) is 5.95 Å². The number of aromatic nitrogens is 4. The number of thiazole rings is 1. The molecule has 0 atom stereocenters. The van der Waals surface area contributed by atoms with Gasteiger partial charge in [-0.2, -0.15) is 4.98 Å². The number of nitrogens with one attached hydrogen (secondary N) is 1. The Hall–Kier alpha value is -3.88. The first kappa shape index (κ1) is 25.4. The molecule has 3 aromatic heterocycles. The summed E-state index contributed by atoms with van der Waals surface area (Å²) in [5.74, 6) is 1.09. The first-order valence-corrected chi connectivity index (χ1v) is 14.1. The Labute approximate surface area is 232 Å². The molecular weight excluding hydrogens is 504 g/mol. The lowest BCUT2D eigenvalue weighted by molar-refractivity contribution is 0.255. The molecule has 1 fully saturated rings. The number of rotatable bonds is 5. The van der Waals surface area contributed by atoms with Crippen LogP contribution in [0.5, 0.6) is 0 Å². The molecular formula is C31H32N6OS. The summed E-state index contributed by atoms with van der Waals surface area (Å²) >= 11 is 1.67. The zero-order valence-electron chi connectivity index (χ0n) is 22.7. The number of aryl methyl sites for hydroxylation is 3. The van der Waals surface area contributed by atoms with Crippen LogP contribution in [0.3, 0.4) is 0 Å². The van der Waals surface area contributed by atoms with E-state index in [1.165, 1.54) is 18.4 Å². The van der Waals surface area contributed by atoms with Crippen molar-refractivity contribution in [1.29, 1.82) is 0 Å². The Bertz CT molecular complexity index is 1710. The van der Waals surface area contributed by atoms with Crippen LogP contribution in [-0.4, -0.2) is 44.6 Å². The number of benzene rings is 2. The molecule has 5 aromatic rings. The molecule has 2 aromatic carbocycles. The molecule has 0 amide bonds. The number of piperidine rings is 1. The highest BCUT2D eigenvalue weighted by Crippen LogP contribution is 2.32. The van der Waals surface area contributed by atoms with E-state index in [0.717, 1.165) is 50.7 Å². The van der Waals surface area contributed by atoms with E-state index >= 15 is 0 Å². The molecule has 6 rings (SSSR count). The van der Waals surface area contributed by atoms with Gasteiger partial charge >= 0.3 is 0 Å². The molecule has 0 aliphatic carbocycles. The summed E-state index contributed by atoms with van der Waals surface area (Å²) < 4.78 is 1.61. The summed E-state index contributed by atoms with van der Waals surface area (Å²) in [5.41, 5.74) is 6.53. The smallest absolute Gasteiger partial charge is 0.259 e. The molecule has 4 heterocycles. The van der Waals surface area contributed by atoms with Gasteiger partial charge in [-0.05, 0) is 99.3 Å². The van der Waals surface area contributed by atoms with Crippen LogP contribution in [0.1, 0.15) is 34.9 Å². The molecule has 7 nitrogen and oxygen atoms in total. The van der Waals surface area contributed by atoms with Crippen LogP contribution in [0, 0.1) is 13.8 Å². The van der Waals surface area contributed by atoms with E-state index in [1.807, 2.05) is 32.2 Å². The number of nitrogens with zero attached hydrogens (tertiary/aromatic N) is 5. The summed E-state index contributed by atoms with van der Waals surface area (Å²) in [6, 6.07) is 16.7. The Morgan fingerprint density at radius 3 is 2.38 bits per heavy atom. The van der Waals surface area contributed by atoms with Gasteiger partial charge in [-0.25, -0.2) is 9.97 Å². The van der Waals surface area contributed by atoms with Crippen molar-refractivity contribution in [2.75, 3.05) is 25.5 Å². The molecule has 1 N–H and O–H groups in total. The second-order valence-electron chi connectivity index (χ2n) is 10.5. The molecule has 0 spiro atoms. The van der Waals surface area contributed by atoms with Gasteiger partial charge in [-0.1, -0.05) is 24.3 Å². The molecule has 0 unspecified atom stereocenters. The highest BCUT2D eigenvalue weighted by Gasteiger charge is 2.18. The van der Waals surface area contributed by atoms with E-state index in [9.17, 15) is 4.79 Å². The SMILES string of the molecule is Cc1ncc(-c2ccc(-c3cc4cnc(Nc5ccc(C6CCN(C)CC6)cc5)nc4n(C)c3=O)c(C)c2)s1. The van der Waals surface area contributed by atoms with Crippen LogP contribution >= 0.6 is 11.3 Å². The summed E-state index contributed by atoms with van der Waals surface area (Å²) in [6.07, 6.45) is 6.08. The van der Waals surface area contributed by atoms with Crippen molar-refractivity contribution in [3.05, 3.63) is 87.4 Å². The lowest BCUT2D eigenvalue weighted by atomic mass is 9.89. The average molecular weight is 537 g/mol. The Kier molecular flexibility index (Phi) is 6.74. The number of pyridine rings is 1. The van der Waals surface area contributed by atoms with Crippen molar-refractivity contribution >= 4 is 34.0 Å². The highest BCUT2D eigenvalue weighted by molar-refractivity contribution is 7.15. The predicted molar refractivity (Wildman–Crippen MR) is 160 cm³/mol. The van der Waals surface area contributed by atoms with Gasteiger partial charge in [-0.3, -0.25) is 9.36 Å². The summed E-state index contributed by atoms with van der Waals surface area (Å²) in [7, 11) is 3.96. The van der Waals surface area contributed by atoms with E-state index in [4.69, 9.17) is 4.98 Å². The quantitative estimate of drug-likeness (QED) is 0.285. The fourth-order valence-corrected chi connectivity index (χ4v) is 6.20. The largest absolute Gasteiger partial charge is 0.324 e. The number of hydrogen-bond donors (Lipinski definition) is 1. The Morgan fingerprint density at radius 2 is 1.69 bits per heavy atom. The number of hydrogen-bond acceptors (Lipinski definition) is 7. The maximum Gasteiger partial charge on any atom is 0.259 e. The minimum Gasteiger partial charge on any atom is -0.324 e. The lowest BCUT2D eigenvalue weighted by Crippen LogP contribution is -2.29. The minimum absolute atomic E-state index is 0.0842. The maximum absolute atomic E-state index is 13.4. The minimum atomic E-state index is -0.0842. The van der Waals surface area contributed by atoms with Crippen molar-refractivity contribution in [3.8, 4) is 21.6 Å². The maximum atomic E-state index is 13.4. The van der Waals surface area contributed by atoms with Gasteiger partial charge in [0.25, 0.3) is 5.56 Å². The standard InChI is InChI=1S/C31H32N6OS/c1-19-15-23(28-18-32-20(2)39-28)7-10-26(19)27-16-24-17-33-31(35-29(24)37(4)30(27)38)34-25-8-5-21(6-9-25)22-11-13-36(3)14-12-22/h5-10,15-18,22H,11-14H2,1-4H3,(H,33,34,35). The first-order chi connectivity index (χ1) is 18.9. The zero-order chi connectivity index (χ0) is 27.1. The molecule has 8 heteroatoms. The van der Waals surface area contributed by atoms with E-state index in [0.29, 0.717) is 23.1 Å². The second-order valence-corrected chi connectivity index (χ2v) is 11.7. The molecule has 0 saturated carbocycles. The molecule has 198 valence electrons. The van der Waals surface area contributed by atoms with E-state index in [2.05, 4.69) is 63.6 Å². The van der Waals surface area contributed by atoms with Crippen LogP contribution < -0.4 is 10.9 Å². The first-order valence-electron chi connectivity index (χ1n) is 13.3. The molecule has 1 aliphatic heterocycles. The van der Waals surface area contributed by atoms with Crippen molar-refractivity contribution < 1.29 is 0 Å². The predicted octanol–water partition coefficient (Wildman–Crippen LogP) is 6.29. The molecule has 0 bridgehead atoms. The summed E-state index contributed by atoms with van der Waals surface area (Å²) in [6.45, 7) is 6.34. The van der Waals surface area contributed by atoms with Gasteiger partial charge in [0.15, 0.2) is 0 Å². The fourth-order valence-electron chi connectivity index (χ4n) is 5.42.